The van der Waals surface area contributed by atoms with Crippen LogP contribution < -0.4 is 5.32 Å². The predicted molar refractivity (Wildman–Crippen MR) is 91.0 cm³/mol. The number of hydrogen-bond donors (Lipinski definition) is 1. The van der Waals surface area contributed by atoms with E-state index < -0.39 is 0 Å². The Kier molecular flexibility index (Phi) is 4.53. The van der Waals surface area contributed by atoms with Crippen molar-refractivity contribution in [2.75, 3.05) is 18.4 Å². The SMILES string of the molecule is CCCN1C[C@@H]2CCC[C@@H]2[C@H]1C(=O)Nc1c(C)cccc1C. The molecule has 1 saturated heterocycles. The van der Waals surface area contributed by atoms with Gasteiger partial charge in [-0.25, -0.2) is 0 Å². The molecule has 0 spiro atoms. The highest BCUT2D eigenvalue weighted by atomic mass is 16.2. The Balaban J connectivity index is 1.80. The first-order valence-corrected chi connectivity index (χ1v) is 8.73. The second-order valence-corrected chi connectivity index (χ2v) is 7.05. The maximum Gasteiger partial charge on any atom is 0.242 e. The topological polar surface area (TPSA) is 32.3 Å². The van der Waals surface area contributed by atoms with Crippen LogP contribution in [0.4, 0.5) is 5.69 Å². The van der Waals surface area contributed by atoms with Gasteiger partial charge in [-0.15, -0.1) is 0 Å². The van der Waals surface area contributed by atoms with Crippen LogP contribution in [-0.4, -0.2) is 29.9 Å². The van der Waals surface area contributed by atoms with E-state index in [1.807, 2.05) is 6.07 Å². The lowest BCUT2D eigenvalue weighted by atomic mass is 9.93. The first-order chi connectivity index (χ1) is 10.6. The van der Waals surface area contributed by atoms with Crippen LogP contribution in [0, 0.1) is 25.7 Å². The van der Waals surface area contributed by atoms with Gasteiger partial charge in [0.2, 0.25) is 5.91 Å². The number of anilines is 1. The fourth-order valence-corrected chi connectivity index (χ4v) is 4.48. The van der Waals surface area contributed by atoms with E-state index in [-0.39, 0.29) is 11.9 Å². The highest BCUT2D eigenvalue weighted by Gasteiger charge is 2.47. The second kappa shape index (κ2) is 6.41. The summed E-state index contributed by atoms with van der Waals surface area (Å²) >= 11 is 0. The predicted octanol–water partition coefficient (Wildman–Crippen LogP) is 3.75. The molecule has 1 N–H and O–H groups in total. The molecule has 3 atom stereocenters. The average Bonchev–Trinajstić information content (AvgIpc) is 3.03. The number of carbonyl (C=O) groups is 1. The molecule has 1 aromatic rings. The van der Waals surface area contributed by atoms with Crippen LogP contribution >= 0.6 is 0 Å². The molecule has 1 aliphatic heterocycles. The molecule has 0 aromatic heterocycles. The van der Waals surface area contributed by atoms with Gasteiger partial charge in [-0.1, -0.05) is 31.5 Å². The molecule has 22 heavy (non-hydrogen) atoms. The van der Waals surface area contributed by atoms with Crippen molar-refractivity contribution < 1.29 is 4.79 Å². The molecule has 0 bridgehead atoms. The molecule has 3 rings (SSSR count). The molecule has 0 radical (unpaired) electrons. The number of carbonyl (C=O) groups excluding carboxylic acids is 1. The summed E-state index contributed by atoms with van der Waals surface area (Å²) < 4.78 is 0. The molecule has 120 valence electrons. The van der Waals surface area contributed by atoms with Crippen molar-refractivity contribution in [2.45, 2.75) is 52.5 Å². The zero-order chi connectivity index (χ0) is 15.7. The Morgan fingerprint density at radius 2 is 2.00 bits per heavy atom. The van der Waals surface area contributed by atoms with E-state index in [4.69, 9.17) is 0 Å². The Labute approximate surface area is 134 Å². The maximum atomic E-state index is 13.0. The number of aryl methyl sites for hydroxylation is 2. The van der Waals surface area contributed by atoms with Gasteiger partial charge in [0, 0.05) is 12.2 Å². The van der Waals surface area contributed by atoms with Crippen molar-refractivity contribution in [2.24, 2.45) is 11.8 Å². The minimum Gasteiger partial charge on any atom is -0.324 e. The van der Waals surface area contributed by atoms with E-state index in [9.17, 15) is 4.79 Å². The zero-order valence-corrected chi connectivity index (χ0v) is 14.1. The molecule has 2 aliphatic rings. The van der Waals surface area contributed by atoms with Crippen LogP contribution in [0.5, 0.6) is 0 Å². The van der Waals surface area contributed by atoms with Crippen LogP contribution in [0.25, 0.3) is 0 Å². The third-order valence-corrected chi connectivity index (χ3v) is 5.49. The number of hydrogen-bond acceptors (Lipinski definition) is 2. The Morgan fingerprint density at radius 3 is 2.68 bits per heavy atom. The van der Waals surface area contributed by atoms with Gasteiger partial charge in [0.1, 0.15) is 0 Å². The summed E-state index contributed by atoms with van der Waals surface area (Å²) in [5.41, 5.74) is 3.30. The van der Waals surface area contributed by atoms with Crippen LogP contribution in [-0.2, 0) is 4.79 Å². The standard InChI is InChI=1S/C19H28N2O/c1-4-11-21-12-15-9-6-10-16(15)18(21)19(22)20-17-13(2)7-5-8-14(17)3/h5,7-8,15-16,18H,4,6,9-12H2,1-3H3,(H,20,22)/t15-,16-,18-/m0/s1. The highest BCUT2D eigenvalue weighted by molar-refractivity contribution is 5.96. The fourth-order valence-electron chi connectivity index (χ4n) is 4.48. The van der Waals surface area contributed by atoms with E-state index in [1.165, 1.54) is 19.3 Å². The Hall–Kier alpha value is -1.35. The quantitative estimate of drug-likeness (QED) is 0.918. The van der Waals surface area contributed by atoms with Crippen LogP contribution in [0.15, 0.2) is 18.2 Å². The summed E-state index contributed by atoms with van der Waals surface area (Å²) in [6, 6.07) is 6.26. The first-order valence-electron chi connectivity index (χ1n) is 8.73. The molecule has 2 fully saturated rings. The molecule has 3 heteroatoms. The number of rotatable bonds is 4. The highest BCUT2D eigenvalue weighted by Crippen LogP contribution is 2.42. The molecular weight excluding hydrogens is 272 g/mol. The third kappa shape index (κ3) is 2.79. The summed E-state index contributed by atoms with van der Waals surface area (Å²) in [6.07, 6.45) is 4.93. The summed E-state index contributed by atoms with van der Waals surface area (Å²) in [5.74, 6) is 1.51. The van der Waals surface area contributed by atoms with Crippen molar-refractivity contribution in [1.82, 2.24) is 4.90 Å². The van der Waals surface area contributed by atoms with Crippen molar-refractivity contribution in [1.29, 1.82) is 0 Å². The van der Waals surface area contributed by atoms with Crippen molar-refractivity contribution >= 4 is 11.6 Å². The van der Waals surface area contributed by atoms with Gasteiger partial charge < -0.3 is 5.32 Å². The van der Waals surface area contributed by atoms with E-state index in [2.05, 4.69) is 43.1 Å². The Morgan fingerprint density at radius 1 is 1.27 bits per heavy atom. The number of nitrogens with zero attached hydrogens (tertiary/aromatic N) is 1. The van der Waals surface area contributed by atoms with Crippen molar-refractivity contribution in [3.8, 4) is 0 Å². The molecule has 1 aromatic carbocycles. The molecule has 1 amide bonds. The maximum absolute atomic E-state index is 13.0. The van der Waals surface area contributed by atoms with Crippen molar-refractivity contribution in [3.63, 3.8) is 0 Å². The second-order valence-electron chi connectivity index (χ2n) is 7.05. The van der Waals surface area contributed by atoms with E-state index in [0.717, 1.165) is 42.2 Å². The normalized spacial score (nSPS) is 27.9. The number of amides is 1. The molecule has 1 heterocycles. The molecule has 3 nitrogen and oxygen atoms in total. The molecule has 1 aliphatic carbocycles. The first kappa shape index (κ1) is 15.5. The van der Waals surface area contributed by atoms with Crippen LogP contribution in [0.2, 0.25) is 0 Å². The lowest BCUT2D eigenvalue weighted by molar-refractivity contribution is -0.121. The van der Waals surface area contributed by atoms with Gasteiger partial charge in [-0.05, 0) is 62.6 Å². The van der Waals surface area contributed by atoms with Crippen LogP contribution in [0.3, 0.4) is 0 Å². The third-order valence-electron chi connectivity index (χ3n) is 5.49. The van der Waals surface area contributed by atoms with Gasteiger partial charge >= 0.3 is 0 Å². The van der Waals surface area contributed by atoms with E-state index >= 15 is 0 Å². The van der Waals surface area contributed by atoms with E-state index in [0.29, 0.717) is 5.92 Å². The lowest BCUT2D eigenvalue weighted by Gasteiger charge is -2.27. The average molecular weight is 300 g/mol. The minimum atomic E-state index is 0.0754. The number of nitrogens with one attached hydrogen (secondary N) is 1. The largest absolute Gasteiger partial charge is 0.324 e. The van der Waals surface area contributed by atoms with Crippen molar-refractivity contribution in [3.05, 3.63) is 29.3 Å². The number of likely N-dealkylation sites (tertiary alicyclic amines) is 1. The molecule has 0 unspecified atom stereocenters. The van der Waals surface area contributed by atoms with Gasteiger partial charge in [0.25, 0.3) is 0 Å². The van der Waals surface area contributed by atoms with Gasteiger partial charge in [-0.3, -0.25) is 9.69 Å². The fraction of sp³-hybridized carbons (Fsp3) is 0.632. The lowest BCUT2D eigenvalue weighted by Crippen LogP contribution is -2.43. The summed E-state index contributed by atoms with van der Waals surface area (Å²) in [6.45, 7) is 8.49. The van der Waals surface area contributed by atoms with Crippen LogP contribution in [0.1, 0.15) is 43.7 Å². The monoisotopic (exact) mass is 300 g/mol. The smallest absolute Gasteiger partial charge is 0.242 e. The van der Waals surface area contributed by atoms with E-state index in [1.54, 1.807) is 0 Å². The zero-order valence-electron chi connectivity index (χ0n) is 14.1. The van der Waals surface area contributed by atoms with Gasteiger partial charge in [0.15, 0.2) is 0 Å². The molecule has 1 saturated carbocycles. The number of fused-ring (bicyclic) bond motifs is 1. The number of benzene rings is 1. The minimum absolute atomic E-state index is 0.0754. The number of para-hydroxylation sites is 1. The van der Waals surface area contributed by atoms with Gasteiger partial charge in [-0.2, -0.15) is 0 Å². The summed E-state index contributed by atoms with van der Waals surface area (Å²) in [5, 5.41) is 3.24. The Bertz CT molecular complexity index is 534. The van der Waals surface area contributed by atoms with Gasteiger partial charge in [0.05, 0.1) is 6.04 Å². The molecular formula is C19H28N2O. The summed E-state index contributed by atoms with van der Waals surface area (Å²) in [7, 11) is 0. The summed E-state index contributed by atoms with van der Waals surface area (Å²) in [4.78, 5) is 15.4.